The molecular weight excluding hydrogens is 244 g/mol. The molecule has 2 heterocycles. The van der Waals surface area contributed by atoms with Crippen molar-refractivity contribution in [3.05, 3.63) is 11.6 Å². The summed E-state index contributed by atoms with van der Waals surface area (Å²) in [5.74, 6) is 1.58. The normalized spacial score (nSPS) is 14.9. The van der Waals surface area contributed by atoms with Gasteiger partial charge in [-0.25, -0.2) is 0 Å². The van der Waals surface area contributed by atoms with Crippen LogP contribution in [0, 0.1) is 5.92 Å². The number of carboxylic acids is 1. The van der Waals surface area contributed by atoms with E-state index in [0.29, 0.717) is 12.5 Å². The largest absolute Gasteiger partial charge is 0.480 e. The van der Waals surface area contributed by atoms with E-state index < -0.39 is 5.97 Å². The second-order valence-electron chi connectivity index (χ2n) is 5.60. The average Bonchev–Trinajstić information content (AvgIpc) is 2.71. The Kier molecular flexibility index (Phi) is 4.52. The number of nitrogens with zero attached hydrogens (tertiary/aromatic N) is 4. The predicted octanol–water partition coefficient (Wildman–Crippen LogP) is 1.16. The van der Waals surface area contributed by atoms with E-state index in [1.54, 1.807) is 0 Å². The van der Waals surface area contributed by atoms with Crippen LogP contribution >= 0.6 is 0 Å². The Morgan fingerprint density at radius 2 is 2.21 bits per heavy atom. The third-order valence-electron chi connectivity index (χ3n) is 3.28. The Balaban J connectivity index is 2.07. The maximum atomic E-state index is 10.9. The molecule has 6 nitrogen and oxygen atoms in total. The number of aliphatic carboxylic acids is 1. The van der Waals surface area contributed by atoms with Gasteiger partial charge in [0.2, 0.25) is 0 Å². The van der Waals surface area contributed by atoms with Crippen LogP contribution in [0.15, 0.2) is 0 Å². The van der Waals surface area contributed by atoms with Crippen molar-refractivity contribution in [3.63, 3.8) is 0 Å². The number of aromatic nitrogens is 3. The zero-order chi connectivity index (χ0) is 13.8. The van der Waals surface area contributed by atoms with E-state index in [1.807, 2.05) is 4.90 Å². The number of hydrogen-bond acceptors (Lipinski definition) is 4. The van der Waals surface area contributed by atoms with Crippen LogP contribution in [0.25, 0.3) is 0 Å². The lowest BCUT2D eigenvalue weighted by Crippen LogP contribution is -2.33. The quantitative estimate of drug-likeness (QED) is 0.836. The maximum Gasteiger partial charge on any atom is 0.317 e. The molecule has 1 N–H and O–H groups in total. The molecular formula is C13H22N4O2. The van der Waals surface area contributed by atoms with Crippen molar-refractivity contribution in [2.75, 3.05) is 13.1 Å². The molecule has 1 aromatic heterocycles. The Morgan fingerprint density at radius 1 is 1.42 bits per heavy atom. The fraction of sp³-hybridized carbons (Fsp3) is 0.769. The fourth-order valence-electron chi connectivity index (χ4n) is 2.58. The summed E-state index contributed by atoms with van der Waals surface area (Å²) in [6.45, 7) is 6.52. The lowest BCUT2D eigenvalue weighted by molar-refractivity contribution is -0.138. The predicted molar refractivity (Wildman–Crippen MR) is 70.7 cm³/mol. The number of rotatable bonds is 6. The summed E-state index contributed by atoms with van der Waals surface area (Å²) in [7, 11) is 0. The van der Waals surface area contributed by atoms with Gasteiger partial charge in [-0.05, 0) is 18.8 Å². The number of hydrogen-bond donors (Lipinski definition) is 1. The summed E-state index contributed by atoms with van der Waals surface area (Å²) in [4.78, 5) is 12.9. The van der Waals surface area contributed by atoms with Gasteiger partial charge in [0.25, 0.3) is 0 Å². The van der Waals surface area contributed by atoms with Crippen molar-refractivity contribution in [1.29, 1.82) is 0 Å². The molecule has 1 aliphatic rings. The first kappa shape index (κ1) is 14.0. The van der Waals surface area contributed by atoms with E-state index >= 15 is 0 Å². The van der Waals surface area contributed by atoms with Gasteiger partial charge in [-0.1, -0.05) is 13.8 Å². The highest BCUT2D eigenvalue weighted by atomic mass is 16.4. The first-order chi connectivity index (χ1) is 9.06. The van der Waals surface area contributed by atoms with Crippen LogP contribution in [0.2, 0.25) is 0 Å². The minimum absolute atomic E-state index is 0.0559. The van der Waals surface area contributed by atoms with E-state index in [1.165, 1.54) is 6.42 Å². The molecule has 0 radical (unpaired) electrons. The number of carboxylic acid groups (broad SMARTS) is 1. The number of fused-ring (bicyclic) bond motifs is 1. The molecule has 6 heteroatoms. The van der Waals surface area contributed by atoms with Crippen molar-refractivity contribution >= 4 is 5.97 Å². The Hall–Kier alpha value is -1.43. The lowest BCUT2D eigenvalue weighted by Gasteiger charge is -2.23. The van der Waals surface area contributed by atoms with Crippen LogP contribution in [-0.2, 0) is 24.3 Å². The number of carbonyl (C=O) groups is 1. The molecule has 0 atom stereocenters. The second kappa shape index (κ2) is 6.14. The molecule has 2 rings (SSSR count). The van der Waals surface area contributed by atoms with Crippen LogP contribution in [0.5, 0.6) is 0 Å². The van der Waals surface area contributed by atoms with E-state index in [4.69, 9.17) is 5.11 Å². The third kappa shape index (κ3) is 3.76. The molecule has 0 aliphatic carbocycles. The van der Waals surface area contributed by atoms with E-state index in [-0.39, 0.29) is 6.54 Å². The van der Waals surface area contributed by atoms with Crippen molar-refractivity contribution in [1.82, 2.24) is 19.7 Å². The van der Waals surface area contributed by atoms with Gasteiger partial charge in [-0.3, -0.25) is 9.69 Å². The van der Waals surface area contributed by atoms with Crippen molar-refractivity contribution in [3.8, 4) is 0 Å². The van der Waals surface area contributed by atoms with Crippen LogP contribution in [0.1, 0.15) is 38.3 Å². The number of aryl methyl sites for hydroxylation is 1. The Bertz CT molecular complexity index is 442. The first-order valence-electron chi connectivity index (χ1n) is 6.91. The van der Waals surface area contributed by atoms with E-state index in [0.717, 1.165) is 37.6 Å². The van der Waals surface area contributed by atoms with Crippen LogP contribution in [0.4, 0.5) is 0 Å². The highest BCUT2D eigenvalue weighted by Gasteiger charge is 2.19. The van der Waals surface area contributed by atoms with Gasteiger partial charge in [0.05, 0.1) is 13.1 Å². The molecule has 0 saturated carbocycles. The van der Waals surface area contributed by atoms with Gasteiger partial charge in [0, 0.05) is 19.5 Å². The second-order valence-corrected chi connectivity index (χ2v) is 5.60. The first-order valence-corrected chi connectivity index (χ1v) is 6.91. The van der Waals surface area contributed by atoms with Crippen LogP contribution in [0.3, 0.4) is 0 Å². The van der Waals surface area contributed by atoms with Gasteiger partial charge in [-0.15, -0.1) is 10.2 Å². The average molecular weight is 266 g/mol. The summed E-state index contributed by atoms with van der Waals surface area (Å²) in [5.41, 5.74) is 0. The molecule has 0 spiro atoms. The highest BCUT2D eigenvalue weighted by molar-refractivity contribution is 5.69. The van der Waals surface area contributed by atoms with Crippen LogP contribution in [-0.4, -0.2) is 43.8 Å². The van der Waals surface area contributed by atoms with Gasteiger partial charge in [0.15, 0.2) is 0 Å². The van der Waals surface area contributed by atoms with Gasteiger partial charge >= 0.3 is 5.97 Å². The zero-order valence-corrected chi connectivity index (χ0v) is 11.7. The molecule has 0 unspecified atom stereocenters. The third-order valence-corrected chi connectivity index (χ3v) is 3.28. The standard InChI is InChI=1S/C13H22N4O2/c1-10(2)7-16(9-13(18)19)8-12-15-14-11-5-3-4-6-17(11)12/h10H,3-9H2,1-2H3,(H,18,19). The fourth-order valence-corrected chi connectivity index (χ4v) is 2.58. The SMILES string of the molecule is CC(C)CN(CC(=O)O)Cc1nnc2n1CCCC2. The molecule has 1 aliphatic heterocycles. The molecule has 0 aromatic carbocycles. The van der Waals surface area contributed by atoms with E-state index in [9.17, 15) is 4.79 Å². The summed E-state index contributed by atoms with van der Waals surface area (Å²) in [6.07, 6.45) is 3.31. The summed E-state index contributed by atoms with van der Waals surface area (Å²) in [6, 6.07) is 0. The summed E-state index contributed by atoms with van der Waals surface area (Å²) >= 11 is 0. The van der Waals surface area contributed by atoms with E-state index in [2.05, 4.69) is 28.6 Å². The molecule has 0 amide bonds. The topological polar surface area (TPSA) is 71.2 Å². The zero-order valence-electron chi connectivity index (χ0n) is 11.7. The van der Waals surface area contributed by atoms with Gasteiger partial charge in [0.1, 0.15) is 11.6 Å². The minimum Gasteiger partial charge on any atom is -0.480 e. The summed E-state index contributed by atoms with van der Waals surface area (Å²) in [5, 5.41) is 17.4. The van der Waals surface area contributed by atoms with Gasteiger partial charge in [-0.2, -0.15) is 0 Å². The highest BCUT2D eigenvalue weighted by Crippen LogP contribution is 2.15. The molecule has 0 saturated heterocycles. The Labute approximate surface area is 113 Å². The van der Waals surface area contributed by atoms with Crippen molar-refractivity contribution in [2.45, 2.75) is 46.2 Å². The smallest absolute Gasteiger partial charge is 0.317 e. The summed E-state index contributed by atoms with van der Waals surface area (Å²) < 4.78 is 2.15. The van der Waals surface area contributed by atoms with Gasteiger partial charge < -0.3 is 9.67 Å². The molecule has 19 heavy (non-hydrogen) atoms. The Morgan fingerprint density at radius 3 is 2.89 bits per heavy atom. The molecule has 1 aromatic rings. The lowest BCUT2D eigenvalue weighted by atomic mass is 10.1. The molecule has 0 bridgehead atoms. The minimum atomic E-state index is -0.793. The maximum absolute atomic E-state index is 10.9. The van der Waals surface area contributed by atoms with Crippen molar-refractivity contribution < 1.29 is 9.90 Å². The molecule has 106 valence electrons. The van der Waals surface area contributed by atoms with Crippen LogP contribution < -0.4 is 0 Å². The monoisotopic (exact) mass is 266 g/mol. The van der Waals surface area contributed by atoms with Crippen molar-refractivity contribution in [2.24, 2.45) is 5.92 Å². The molecule has 0 fully saturated rings.